The number of carbonyl (C=O) groups is 2. The number of aromatic nitrogens is 5. The summed E-state index contributed by atoms with van der Waals surface area (Å²) in [5, 5.41) is 10.5. The molecular weight excluding hydrogens is 432 g/mol. The van der Waals surface area contributed by atoms with Gasteiger partial charge in [-0.3, -0.25) is 14.9 Å². The highest BCUT2D eigenvalue weighted by atomic mass is 16.6. The number of benzene rings is 1. The number of nitrogens with zero attached hydrogens (tertiary/aromatic N) is 4. The van der Waals surface area contributed by atoms with Crippen LogP contribution < -0.4 is 5.32 Å². The molecule has 0 spiro atoms. The second-order valence-corrected chi connectivity index (χ2v) is 7.02. The molecule has 0 bridgehead atoms. The molecular formula is C21H28N6O6. The normalized spacial score (nSPS) is 11.2. The minimum Gasteiger partial charge on any atom is -0.382 e. The second kappa shape index (κ2) is 12.7. The van der Waals surface area contributed by atoms with Gasteiger partial charge in [0.15, 0.2) is 11.5 Å². The molecule has 3 aromatic rings. The summed E-state index contributed by atoms with van der Waals surface area (Å²) in [7, 11) is 1.63. The highest BCUT2D eigenvalue weighted by Crippen LogP contribution is 2.17. The number of hydrogen-bond donors (Lipinski definition) is 2. The molecule has 0 radical (unpaired) electrons. The number of ketones is 1. The summed E-state index contributed by atoms with van der Waals surface area (Å²) in [6.45, 7) is 5.37. The summed E-state index contributed by atoms with van der Waals surface area (Å²) in [6, 6.07) is 5.11. The molecule has 0 unspecified atom stereocenters. The Labute approximate surface area is 190 Å². The van der Waals surface area contributed by atoms with Crippen molar-refractivity contribution in [2.24, 2.45) is 0 Å². The first-order chi connectivity index (χ1) is 16.1. The predicted molar refractivity (Wildman–Crippen MR) is 118 cm³/mol. The van der Waals surface area contributed by atoms with E-state index in [1.165, 1.54) is 17.8 Å². The summed E-state index contributed by atoms with van der Waals surface area (Å²) in [6.07, 6.45) is 1.53. The molecule has 12 nitrogen and oxygen atoms in total. The van der Waals surface area contributed by atoms with Crippen LogP contribution >= 0.6 is 0 Å². The quantitative estimate of drug-likeness (QED) is 0.253. The average molecular weight is 460 g/mol. The van der Waals surface area contributed by atoms with E-state index in [4.69, 9.17) is 18.9 Å². The van der Waals surface area contributed by atoms with Gasteiger partial charge in [0.05, 0.1) is 70.0 Å². The molecule has 0 aliphatic heterocycles. The molecule has 12 heteroatoms. The Hall–Kier alpha value is -3.19. The van der Waals surface area contributed by atoms with E-state index in [-0.39, 0.29) is 17.4 Å². The van der Waals surface area contributed by atoms with Gasteiger partial charge in [0.1, 0.15) is 0 Å². The van der Waals surface area contributed by atoms with Gasteiger partial charge in [-0.25, -0.2) is 9.67 Å². The number of Topliss-reactive ketones (excluding diaryl/α,β-unsaturated/α-hetero) is 1. The van der Waals surface area contributed by atoms with Gasteiger partial charge in [-0.2, -0.15) is 0 Å². The van der Waals surface area contributed by atoms with Gasteiger partial charge in [-0.15, -0.1) is 5.10 Å². The van der Waals surface area contributed by atoms with Gasteiger partial charge < -0.3 is 23.9 Å². The number of imidazole rings is 1. The molecule has 2 aromatic heterocycles. The lowest BCUT2D eigenvalue weighted by Crippen LogP contribution is -2.14. The number of nitrogens with one attached hydrogen (secondary N) is 2. The van der Waals surface area contributed by atoms with Gasteiger partial charge >= 0.3 is 0 Å². The fourth-order valence-corrected chi connectivity index (χ4v) is 2.81. The van der Waals surface area contributed by atoms with Crippen LogP contribution in [0.3, 0.4) is 0 Å². The van der Waals surface area contributed by atoms with Gasteiger partial charge in [0.25, 0.3) is 5.91 Å². The number of fused-ring (bicyclic) bond motifs is 1. The van der Waals surface area contributed by atoms with Crippen LogP contribution in [0.15, 0.2) is 24.4 Å². The van der Waals surface area contributed by atoms with Crippen molar-refractivity contribution >= 4 is 28.7 Å². The largest absolute Gasteiger partial charge is 0.382 e. The van der Waals surface area contributed by atoms with Crippen molar-refractivity contribution in [3.05, 3.63) is 35.7 Å². The Kier molecular flexibility index (Phi) is 9.44. The number of aromatic amines is 1. The van der Waals surface area contributed by atoms with Crippen molar-refractivity contribution in [2.45, 2.75) is 13.5 Å². The highest BCUT2D eigenvalue weighted by Gasteiger charge is 2.14. The van der Waals surface area contributed by atoms with Crippen LogP contribution in [0.1, 0.15) is 27.8 Å². The van der Waals surface area contributed by atoms with Crippen LogP contribution in [0.2, 0.25) is 0 Å². The van der Waals surface area contributed by atoms with E-state index in [2.05, 4.69) is 25.6 Å². The van der Waals surface area contributed by atoms with E-state index in [0.29, 0.717) is 69.4 Å². The lowest BCUT2D eigenvalue weighted by atomic mass is 10.1. The van der Waals surface area contributed by atoms with E-state index in [9.17, 15) is 9.59 Å². The van der Waals surface area contributed by atoms with E-state index in [1.54, 1.807) is 25.3 Å². The molecule has 0 atom stereocenters. The Morgan fingerprint density at radius 3 is 2.42 bits per heavy atom. The van der Waals surface area contributed by atoms with Crippen molar-refractivity contribution in [3.8, 4) is 0 Å². The molecule has 178 valence electrons. The molecule has 0 saturated heterocycles. The third kappa shape index (κ3) is 7.71. The van der Waals surface area contributed by atoms with Gasteiger partial charge in [0, 0.05) is 12.7 Å². The van der Waals surface area contributed by atoms with Gasteiger partial charge in [-0.05, 0) is 25.1 Å². The molecule has 0 saturated carbocycles. The number of carbonyl (C=O) groups excluding carboxylic acids is 2. The monoisotopic (exact) mass is 460 g/mol. The summed E-state index contributed by atoms with van der Waals surface area (Å²) >= 11 is 0. The lowest BCUT2D eigenvalue weighted by molar-refractivity contribution is 0.00244. The standard InChI is InChI=1S/C21H28N6O6/c1-15(28)16-3-4-17-18(13-16)23-21(22-17)24-20(29)19-14-27(26-25-19)5-6-31-9-10-33-12-11-32-8-7-30-2/h3-4,13-14H,5-12H2,1-2H3,(H2,22,23,24,29). The Balaban J connectivity index is 1.35. The fourth-order valence-electron chi connectivity index (χ4n) is 2.81. The Morgan fingerprint density at radius 2 is 1.73 bits per heavy atom. The molecule has 33 heavy (non-hydrogen) atoms. The number of anilines is 1. The summed E-state index contributed by atoms with van der Waals surface area (Å²) < 4.78 is 22.6. The van der Waals surface area contributed by atoms with Crippen LogP contribution in [0.4, 0.5) is 5.95 Å². The van der Waals surface area contributed by atoms with Crippen molar-refractivity contribution < 1.29 is 28.5 Å². The minimum atomic E-state index is -0.450. The maximum absolute atomic E-state index is 12.4. The summed E-state index contributed by atoms with van der Waals surface area (Å²) in [4.78, 5) is 31.2. The minimum absolute atomic E-state index is 0.0538. The van der Waals surface area contributed by atoms with Crippen LogP contribution in [0.5, 0.6) is 0 Å². The van der Waals surface area contributed by atoms with Crippen LogP contribution in [0, 0.1) is 0 Å². The molecule has 2 N–H and O–H groups in total. The molecule has 0 fully saturated rings. The van der Waals surface area contributed by atoms with E-state index in [0.717, 1.165) is 0 Å². The van der Waals surface area contributed by atoms with Gasteiger partial charge in [0.2, 0.25) is 5.95 Å². The van der Waals surface area contributed by atoms with Crippen molar-refractivity contribution in [1.82, 2.24) is 25.0 Å². The molecule has 0 aliphatic carbocycles. The van der Waals surface area contributed by atoms with Crippen LogP contribution in [0.25, 0.3) is 11.0 Å². The number of rotatable bonds is 15. The lowest BCUT2D eigenvalue weighted by Gasteiger charge is -2.06. The molecule has 1 amide bonds. The second-order valence-electron chi connectivity index (χ2n) is 7.02. The zero-order chi connectivity index (χ0) is 23.5. The molecule has 3 rings (SSSR count). The number of hydrogen-bond acceptors (Lipinski definition) is 9. The number of amides is 1. The summed E-state index contributed by atoms with van der Waals surface area (Å²) in [5.41, 5.74) is 1.99. The SMILES string of the molecule is COCCOCCOCCOCCn1cc(C(=O)Nc2nc3cc(C(C)=O)ccc3[nH]2)nn1. The first kappa shape index (κ1) is 24.5. The van der Waals surface area contributed by atoms with Crippen LogP contribution in [-0.2, 0) is 25.5 Å². The average Bonchev–Trinajstić information content (AvgIpc) is 3.43. The Bertz CT molecular complexity index is 1050. The van der Waals surface area contributed by atoms with Crippen molar-refractivity contribution in [2.75, 3.05) is 58.7 Å². The Morgan fingerprint density at radius 1 is 1.03 bits per heavy atom. The molecule has 0 aliphatic rings. The topological polar surface area (TPSA) is 142 Å². The van der Waals surface area contributed by atoms with E-state index in [1.807, 2.05) is 0 Å². The molecule has 1 aromatic carbocycles. The first-order valence-electron chi connectivity index (χ1n) is 10.5. The number of ether oxygens (including phenoxy) is 4. The van der Waals surface area contributed by atoms with E-state index >= 15 is 0 Å². The van der Waals surface area contributed by atoms with Crippen LogP contribution in [-0.4, -0.2) is 90.0 Å². The third-order valence-corrected chi connectivity index (χ3v) is 4.53. The number of H-pyrrole nitrogens is 1. The zero-order valence-corrected chi connectivity index (χ0v) is 18.7. The fraction of sp³-hybridized carbons (Fsp3) is 0.476. The summed E-state index contributed by atoms with van der Waals surface area (Å²) in [5.74, 6) is -0.242. The first-order valence-corrected chi connectivity index (χ1v) is 10.5. The van der Waals surface area contributed by atoms with Crippen molar-refractivity contribution in [3.63, 3.8) is 0 Å². The predicted octanol–water partition coefficient (Wildman–Crippen LogP) is 1.31. The maximum atomic E-state index is 12.4. The highest BCUT2D eigenvalue weighted by molar-refractivity contribution is 6.02. The zero-order valence-electron chi connectivity index (χ0n) is 18.7. The van der Waals surface area contributed by atoms with Crippen molar-refractivity contribution in [1.29, 1.82) is 0 Å². The third-order valence-electron chi connectivity index (χ3n) is 4.53. The maximum Gasteiger partial charge on any atom is 0.280 e. The van der Waals surface area contributed by atoms with E-state index < -0.39 is 5.91 Å². The smallest absolute Gasteiger partial charge is 0.280 e. The van der Waals surface area contributed by atoms with Gasteiger partial charge in [-0.1, -0.05) is 5.21 Å². The number of methoxy groups -OCH3 is 1. The molecule has 2 heterocycles.